The van der Waals surface area contributed by atoms with Crippen LogP contribution in [0.5, 0.6) is 0 Å². The van der Waals surface area contributed by atoms with Gasteiger partial charge in [0.05, 0.1) is 0 Å². The SMILES string of the molecule is CC(C)c1cc(NC(=O)CS(C)(=O)=O)n[nH]1. The van der Waals surface area contributed by atoms with Crippen molar-refractivity contribution in [3.05, 3.63) is 11.8 Å². The summed E-state index contributed by atoms with van der Waals surface area (Å²) in [5.41, 5.74) is 0.884. The second-order valence-corrected chi connectivity index (χ2v) is 6.12. The minimum atomic E-state index is -3.30. The first-order valence-electron chi connectivity index (χ1n) is 4.81. The second-order valence-electron chi connectivity index (χ2n) is 3.98. The monoisotopic (exact) mass is 245 g/mol. The summed E-state index contributed by atoms with van der Waals surface area (Å²) in [6.07, 6.45) is 1.01. The number of nitrogens with one attached hydrogen (secondary N) is 2. The van der Waals surface area contributed by atoms with E-state index in [2.05, 4.69) is 15.5 Å². The zero-order valence-corrected chi connectivity index (χ0v) is 10.3. The Hall–Kier alpha value is -1.37. The molecule has 1 aromatic rings. The molecule has 1 aromatic heterocycles. The first kappa shape index (κ1) is 12.7. The lowest BCUT2D eigenvalue weighted by atomic mass is 10.1. The van der Waals surface area contributed by atoms with Crippen molar-refractivity contribution in [2.45, 2.75) is 19.8 Å². The molecule has 0 aliphatic heterocycles. The fraction of sp³-hybridized carbons (Fsp3) is 0.556. The van der Waals surface area contributed by atoms with Gasteiger partial charge in [-0.3, -0.25) is 9.89 Å². The molecule has 0 aromatic carbocycles. The maximum Gasteiger partial charge on any atom is 0.240 e. The number of anilines is 1. The highest BCUT2D eigenvalue weighted by Gasteiger charge is 2.12. The number of hydrogen-bond donors (Lipinski definition) is 2. The van der Waals surface area contributed by atoms with E-state index in [1.54, 1.807) is 6.07 Å². The predicted octanol–water partition coefficient (Wildman–Crippen LogP) is 0.516. The Kier molecular flexibility index (Phi) is 3.69. The lowest BCUT2D eigenvalue weighted by molar-refractivity contribution is -0.113. The van der Waals surface area contributed by atoms with Crippen molar-refractivity contribution in [3.63, 3.8) is 0 Å². The third kappa shape index (κ3) is 4.01. The Bertz CT molecular complexity index is 476. The summed E-state index contributed by atoms with van der Waals surface area (Å²) in [4.78, 5) is 11.3. The van der Waals surface area contributed by atoms with E-state index < -0.39 is 21.5 Å². The van der Waals surface area contributed by atoms with Crippen LogP contribution in [0.15, 0.2) is 6.07 Å². The quantitative estimate of drug-likeness (QED) is 0.808. The summed E-state index contributed by atoms with van der Waals surface area (Å²) < 4.78 is 21.7. The van der Waals surface area contributed by atoms with Gasteiger partial charge in [0.1, 0.15) is 5.75 Å². The number of rotatable bonds is 4. The smallest absolute Gasteiger partial charge is 0.240 e. The molecule has 0 saturated carbocycles. The van der Waals surface area contributed by atoms with Crippen LogP contribution in [0.2, 0.25) is 0 Å². The first-order valence-corrected chi connectivity index (χ1v) is 6.87. The van der Waals surface area contributed by atoms with Crippen LogP contribution < -0.4 is 5.32 Å². The molecule has 0 atom stereocenters. The lowest BCUT2D eigenvalue weighted by Crippen LogP contribution is -2.22. The Balaban J connectivity index is 2.63. The van der Waals surface area contributed by atoms with Crippen LogP contribution in [-0.4, -0.2) is 36.5 Å². The number of carbonyl (C=O) groups is 1. The maximum atomic E-state index is 11.3. The van der Waals surface area contributed by atoms with Gasteiger partial charge in [0.2, 0.25) is 5.91 Å². The number of amides is 1. The van der Waals surface area contributed by atoms with Crippen molar-refractivity contribution in [3.8, 4) is 0 Å². The molecular formula is C9H15N3O3S. The highest BCUT2D eigenvalue weighted by atomic mass is 32.2. The molecule has 0 unspecified atom stereocenters. The number of H-pyrrole nitrogens is 1. The molecule has 0 bridgehead atoms. The van der Waals surface area contributed by atoms with E-state index in [1.807, 2.05) is 13.8 Å². The third-order valence-corrected chi connectivity index (χ3v) is 2.67. The minimum Gasteiger partial charge on any atom is -0.308 e. The second kappa shape index (κ2) is 4.65. The summed E-state index contributed by atoms with van der Waals surface area (Å²) in [6, 6.07) is 1.69. The van der Waals surface area contributed by atoms with Gasteiger partial charge >= 0.3 is 0 Å². The Morgan fingerprint density at radius 1 is 1.56 bits per heavy atom. The van der Waals surface area contributed by atoms with Crippen LogP contribution in [0.4, 0.5) is 5.82 Å². The van der Waals surface area contributed by atoms with E-state index in [0.717, 1.165) is 11.9 Å². The number of aromatic amines is 1. The molecule has 1 heterocycles. The molecular weight excluding hydrogens is 230 g/mol. The average Bonchev–Trinajstić information content (AvgIpc) is 2.48. The molecule has 1 rings (SSSR count). The van der Waals surface area contributed by atoms with Gasteiger partial charge in [-0.15, -0.1) is 0 Å². The van der Waals surface area contributed by atoms with Gasteiger partial charge in [-0.05, 0) is 5.92 Å². The van der Waals surface area contributed by atoms with Crippen LogP contribution >= 0.6 is 0 Å². The van der Waals surface area contributed by atoms with E-state index in [9.17, 15) is 13.2 Å². The van der Waals surface area contributed by atoms with E-state index in [-0.39, 0.29) is 5.92 Å². The third-order valence-electron chi connectivity index (χ3n) is 1.88. The van der Waals surface area contributed by atoms with Gasteiger partial charge in [-0.2, -0.15) is 5.10 Å². The standard InChI is InChI=1S/C9H15N3O3S/c1-6(2)7-4-8(12-11-7)10-9(13)5-16(3,14)15/h4,6H,5H2,1-3H3,(H2,10,11,12,13). The van der Waals surface area contributed by atoms with Crippen molar-refractivity contribution >= 4 is 21.6 Å². The van der Waals surface area contributed by atoms with E-state index in [4.69, 9.17) is 0 Å². The van der Waals surface area contributed by atoms with Crippen molar-refractivity contribution in [2.75, 3.05) is 17.3 Å². The molecule has 0 aliphatic carbocycles. The van der Waals surface area contributed by atoms with Gasteiger partial charge in [0, 0.05) is 18.0 Å². The van der Waals surface area contributed by atoms with Gasteiger partial charge < -0.3 is 5.32 Å². The molecule has 0 spiro atoms. The van der Waals surface area contributed by atoms with Crippen LogP contribution in [0, 0.1) is 0 Å². The Labute approximate surface area is 94.4 Å². The molecule has 90 valence electrons. The summed E-state index contributed by atoms with van der Waals surface area (Å²) in [7, 11) is -3.30. The number of sulfone groups is 1. The predicted molar refractivity (Wildman–Crippen MR) is 61.0 cm³/mol. The first-order chi connectivity index (χ1) is 7.28. The maximum absolute atomic E-state index is 11.3. The highest BCUT2D eigenvalue weighted by Crippen LogP contribution is 2.14. The van der Waals surface area contributed by atoms with Crippen LogP contribution in [0.25, 0.3) is 0 Å². The van der Waals surface area contributed by atoms with Gasteiger partial charge in [0.15, 0.2) is 15.7 Å². The molecule has 16 heavy (non-hydrogen) atoms. The van der Waals surface area contributed by atoms with Gasteiger partial charge in [-0.25, -0.2) is 8.42 Å². The molecule has 1 amide bonds. The molecule has 0 radical (unpaired) electrons. The van der Waals surface area contributed by atoms with E-state index >= 15 is 0 Å². The summed E-state index contributed by atoms with van der Waals surface area (Å²) in [5.74, 6) is -0.494. The van der Waals surface area contributed by atoms with Gasteiger partial charge in [0.25, 0.3) is 0 Å². The fourth-order valence-electron chi connectivity index (χ4n) is 1.11. The normalized spacial score (nSPS) is 11.8. The van der Waals surface area contributed by atoms with Crippen molar-refractivity contribution in [1.82, 2.24) is 10.2 Å². The summed E-state index contributed by atoms with van der Waals surface area (Å²) in [6.45, 7) is 3.96. The van der Waals surface area contributed by atoms with Crippen molar-refractivity contribution < 1.29 is 13.2 Å². The number of nitrogens with zero attached hydrogens (tertiary/aromatic N) is 1. The van der Waals surface area contributed by atoms with Crippen LogP contribution in [0.1, 0.15) is 25.5 Å². The number of carbonyl (C=O) groups excluding carboxylic acids is 1. The zero-order valence-electron chi connectivity index (χ0n) is 9.44. The summed E-state index contributed by atoms with van der Waals surface area (Å²) in [5, 5.41) is 9.03. The molecule has 7 heteroatoms. The van der Waals surface area contributed by atoms with Crippen LogP contribution in [-0.2, 0) is 14.6 Å². The largest absolute Gasteiger partial charge is 0.308 e. The van der Waals surface area contributed by atoms with Crippen molar-refractivity contribution in [2.24, 2.45) is 0 Å². The Morgan fingerprint density at radius 2 is 2.19 bits per heavy atom. The Morgan fingerprint density at radius 3 is 2.62 bits per heavy atom. The van der Waals surface area contributed by atoms with E-state index in [0.29, 0.717) is 5.82 Å². The fourth-order valence-corrected chi connectivity index (χ4v) is 1.66. The number of hydrogen-bond acceptors (Lipinski definition) is 4. The van der Waals surface area contributed by atoms with Crippen molar-refractivity contribution in [1.29, 1.82) is 0 Å². The molecule has 6 nitrogen and oxygen atoms in total. The molecule has 0 saturated heterocycles. The number of aromatic nitrogens is 2. The topological polar surface area (TPSA) is 91.9 Å². The van der Waals surface area contributed by atoms with Gasteiger partial charge in [-0.1, -0.05) is 13.8 Å². The van der Waals surface area contributed by atoms with E-state index in [1.165, 1.54) is 0 Å². The van der Waals surface area contributed by atoms with Crippen LogP contribution in [0.3, 0.4) is 0 Å². The molecule has 0 fully saturated rings. The lowest BCUT2D eigenvalue weighted by Gasteiger charge is -1.99. The molecule has 2 N–H and O–H groups in total. The average molecular weight is 245 g/mol. The minimum absolute atomic E-state index is 0.271. The summed E-state index contributed by atoms with van der Waals surface area (Å²) >= 11 is 0. The highest BCUT2D eigenvalue weighted by molar-refractivity contribution is 7.91. The molecule has 0 aliphatic rings. The zero-order chi connectivity index (χ0) is 12.3.